The Bertz CT molecular complexity index is 777. The van der Waals surface area contributed by atoms with Gasteiger partial charge in [0.15, 0.2) is 0 Å². The van der Waals surface area contributed by atoms with E-state index in [0.29, 0.717) is 0 Å². The van der Waals surface area contributed by atoms with Crippen LogP contribution in [0.15, 0.2) is 30.3 Å². The number of aliphatic hydroxyl groups is 1. The lowest BCUT2D eigenvalue weighted by Gasteiger charge is -2.32. The largest absolute Gasteiger partial charge is 0.481 e. The van der Waals surface area contributed by atoms with Crippen LogP contribution in [0.5, 0.6) is 0 Å². The first-order valence-electron chi connectivity index (χ1n) is 10.3. The molecule has 2 unspecified atom stereocenters. The molecule has 0 aromatic heterocycles. The number of hydrogen-bond acceptors (Lipinski definition) is 6. The van der Waals surface area contributed by atoms with Crippen LogP contribution >= 0.6 is 0 Å². The van der Waals surface area contributed by atoms with Crippen LogP contribution in [0.1, 0.15) is 39.2 Å². The summed E-state index contributed by atoms with van der Waals surface area (Å²) in [6.07, 6.45) is -2.18. The molecule has 0 spiro atoms. The van der Waals surface area contributed by atoms with Crippen LogP contribution in [0, 0.1) is 5.41 Å². The maximum atomic E-state index is 13.0. The summed E-state index contributed by atoms with van der Waals surface area (Å²) in [6.45, 7) is 5.15. The molecule has 0 heterocycles. The third-order valence-corrected chi connectivity index (χ3v) is 4.74. The van der Waals surface area contributed by atoms with E-state index >= 15 is 0 Å². The lowest BCUT2D eigenvalue weighted by Crippen LogP contribution is -2.58. The fraction of sp³-hybridized carbons (Fsp3) is 0.545. The minimum atomic E-state index is -1.16. The fourth-order valence-electron chi connectivity index (χ4n) is 2.94. The molecule has 0 saturated carbocycles. The number of carbonyl (C=O) groups excluding carboxylic acids is 3. The first-order valence-corrected chi connectivity index (χ1v) is 10.3. The molecule has 0 radical (unpaired) electrons. The van der Waals surface area contributed by atoms with Gasteiger partial charge in [0.2, 0.25) is 11.8 Å². The minimum absolute atomic E-state index is 0.180. The molecule has 5 N–H and O–H groups in total. The zero-order valence-electron chi connectivity index (χ0n) is 18.9. The predicted octanol–water partition coefficient (Wildman–Crippen LogP) is 0.826. The van der Waals surface area contributed by atoms with Crippen molar-refractivity contribution in [3.63, 3.8) is 0 Å². The quantitative estimate of drug-likeness (QED) is 0.334. The van der Waals surface area contributed by atoms with Crippen LogP contribution in [0.4, 0.5) is 4.79 Å². The van der Waals surface area contributed by atoms with Gasteiger partial charge in [0, 0.05) is 13.0 Å². The van der Waals surface area contributed by atoms with Gasteiger partial charge in [0.05, 0.1) is 25.7 Å². The third-order valence-electron chi connectivity index (χ3n) is 4.74. The van der Waals surface area contributed by atoms with Crippen LogP contribution in [-0.4, -0.2) is 65.9 Å². The van der Waals surface area contributed by atoms with Crippen molar-refractivity contribution in [1.29, 1.82) is 0 Å². The van der Waals surface area contributed by atoms with Gasteiger partial charge in [0.25, 0.3) is 0 Å². The summed E-state index contributed by atoms with van der Waals surface area (Å²) in [5.41, 5.74) is 0.202. The van der Waals surface area contributed by atoms with E-state index in [0.717, 1.165) is 5.56 Å². The van der Waals surface area contributed by atoms with Gasteiger partial charge in [-0.1, -0.05) is 51.1 Å². The summed E-state index contributed by atoms with van der Waals surface area (Å²) >= 11 is 0. The molecule has 32 heavy (non-hydrogen) atoms. The van der Waals surface area contributed by atoms with Crippen molar-refractivity contribution in [3.05, 3.63) is 35.9 Å². The average molecular weight is 452 g/mol. The summed E-state index contributed by atoms with van der Waals surface area (Å²) in [5, 5.41) is 27.1. The first-order chi connectivity index (χ1) is 14.9. The number of amides is 3. The monoisotopic (exact) mass is 451 g/mol. The van der Waals surface area contributed by atoms with Gasteiger partial charge in [-0.3, -0.25) is 14.4 Å². The van der Waals surface area contributed by atoms with Crippen LogP contribution in [0.2, 0.25) is 0 Å². The molecule has 10 nitrogen and oxygen atoms in total. The van der Waals surface area contributed by atoms with Gasteiger partial charge in [-0.25, -0.2) is 4.79 Å². The van der Waals surface area contributed by atoms with Crippen LogP contribution < -0.4 is 16.0 Å². The van der Waals surface area contributed by atoms with E-state index in [4.69, 9.17) is 5.11 Å². The normalized spacial score (nSPS) is 13.9. The molecule has 0 saturated heterocycles. The Kier molecular flexibility index (Phi) is 10.6. The van der Waals surface area contributed by atoms with Crippen molar-refractivity contribution in [3.8, 4) is 0 Å². The first kappa shape index (κ1) is 26.9. The second kappa shape index (κ2) is 12.7. The van der Waals surface area contributed by atoms with E-state index in [2.05, 4.69) is 20.7 Å². The number of ether oxygens (including phenoxy) is 1. The van der Waals surface area contributed by atoms with Crippen molar-refractivity contribution in [2.75, 3.05) is 13.7 Å². The van der Waals surface area contributed by atoms with Gasteiger partial charge in [-0.2, -0.15) is 0 Å². The van der Waals surface area contributed by atoms with Crippen LogP contribution in [-0.2, 0) is 25.5 Å². The number of carbonyl (C=O) groups is 4. The maximum Gasteiger partial charge on any atom is 0.407 e. The van der Waals surface area contributed by atoms with Crippen molar-refractivity contribution in [2.24, 2.45) is 5.41 Å². The van der Waals surface area contributed by atoms with E-state index in [9.17, 15) is 24.3 Å². The number of benzene rings is 1. The standard InChI is InChI=1S/C22H33N3O7/c1-22(2,3)19(25-21(31)32-4)20(30)24-15(12-14-8-6-5-7-9-14)16(26)13-23-17(27)10-11-18(28)29/h5-9,15-16,19,26H,10-13H2,1-4H3,(H,23,27)(H,24,30)(H,25,31)(H,28,29)/t15?,16?,19-/m1/s1. The van der Waals surface area contributed by atoms with E-state index in [1.807, 2.05) is 30.3 Å². The highest BCUT2D eigenvalue weighted by atomic mass is 16.5. The van der Waals surface area contributed by atoms with E-state index in [-0.39, 0.29) is 25.8 Å². The molecule has 3 atom stereocenters. The number of hydrogen-bond donors (Lipinski definition) is 5. The number of aliphatic hydroxyl groups excluding tert-OH is 1. The number of nitrogens with one attached hydrogen (secondary N) is 3. The van der Waals surface area contributed by atoms with Crippen LogP contribution in [0.25, 0.3) is 0 Å². The Labute approximate surface area is 187 Å². The van der Waals surface area contributed by atoms with Crippen molar-refractivity contribution in [2.45, 2.75) is 58.2 Å². The molecule has 178 valence electrons. The average Bonchev–Trinajstić information content (AvgIpc) is 2.73. The highest BCUT2D eigenvalue weighted by Crippen LogP contribution is 2.20. The second-order valence-electron chi connectivity index (χ2n) is 8.50. The molecule has 0 fully saturated rings. The molecular weight excluding hydrogens is 418 g/mol. The SMILES string of the molecule is COC(=O)N[C@H](C(=O)NC(Cc1ccccc1)C(O)CNC(=O)CCC(=O)O)C(C)(C)C. The highest BCUT2D eigenvalue weighted by molar-refractivity contribution is 5.86. The number of rotatable bonds is 11. The lowest BCUT2D eigenvalue weighted by atomic mass is 9.85. The van der Waals surface area contributed by atoms with Gasteiger partial charge >= 0.3 is 12.1 Å². The zero-order valence-corrected chi connectivity index (χ0v) is 18.9. The number of carboxylic acids is 1. The van der Waals surface area contributed by atoms with Gasteiger partial charge in [0.1, 0.15) is 6.04 Å². The Morgan fingerprint density at radius 3 is 2.19 bits per heavy atom. The third kappa shape index (κ3) is 9.78. The predicted molar refractivity (Wildman–Crippen MR) is 117 cm³/mol. The van der Waals surface area contributed by atoms with Gasteiger partial charge < -0.3 is 30.9 Å². The van der Waals surface area contributed by atoms with Gasteiger partial charge in [-0.15, -0.1) is 0 Å². The molecule has 0 aliphatic carbocycles. The Balaban J connectivity index is 2.94. The highest BCUT2D eigenvalue weighted by Gasteiger charge is 2.35. The summed E-state index contributed by atoms with van der Waals surface area (Å²) in [7, 11) is 1.20. The van der Waals surface area contributed by atoms with Crippen molar-refractivity contribution < 1.29 is 34.1 Å². The lowest BCUT2D eigenvalue weighted by molar-refractivity contribution is -0.139. The topological polar surface area (TPSA) is 154 Å². The molecule has 1 aromatic carbocycles. The van der Waals surface area contributed by atoms with E-state index in [1.54, 1.807) is 20.8 Å². The minimum Gasteiger partial charge on any atom is -0.481 e. The maximum absolute atomic E-state index is 13.0. The molecular formula is C22H33N3O7. The van der Waals surface area contributed by atoms with E-state index in [1.165, 1.54) is 7.11 Å². The molecule has 10 heteroatoms. The molecule has 0 bridgehead atoms. The van der Waals surface area contributed by atoms with Crippen molar-refractivity contribution in [1.82, 2.24) is 16.0 Å². The second-order valence-corrected chi connectivity index (χ2v) is 8.50. The number of aliphatic carboxylic acids is 1. The van der Waals surface area contributed by atoms with Crippen molar-refractivity contribution >= 4 is 23.9 Å². The number of methoxy groups -OCH3 is 1. The zero-order chi connectivity index (χ0) is 24.3. The summed E-state index contributed by atoms with van der Waals surface area (Å²) in [6, 6.07) is 7.44. The number of alkyl carbamates (subject to hydrolysis) is 1. The summed E-state index contributed by atoms with van der Waals surface area (Å²) in [5.74, 6) is -2.13. The Morgan fingerprint density at radius 1 is 1.03 bits per heavy atom. The Morgan fingerprint density at radius 2 is 1.66 bits per heavy atom. The molecule has 0 aliphatic rings. The van der Waals surface area contributed by atoms with Crippen LogP contribution in [0.3, 0.4) is 0 Å². The molecule has 1 aromatic rings. The smallest absolute Gasteiger partial charge is 0.407 e. The van der Waals surface area contributed by atoms with Gasteiger partial charge in [-0.05, 0) is 17.4 Å². The number of carboxylic acid groups (broad SMARTS) is 1. The molecule has 3 amide bonds. The Hall–Kier alpha value is -3.14. The summed E-state index contributed by atoms with van der Waals surface area (Å²) in [4.78, 5) is 47.2. The summed E-state index contributed by atoms with van der Waals surface area (Å²) < 4.78 is 4.61. The van der Waals surface area contributed by atoms with E-state index < -0.39 is 47.5 Å². The molecule has 1 rings (SSSR count). The molecule has 0 aliphatic heterocycles. The fourth-order valence-corrected chi connectivity index (χ4v) is 2.94.